The Bertz CT molecular complexity index is 1550. The molecular weight excluding hydrogens is 569 g/mol. The number of hydrogen-bond acceptors (Lipinski definition) is 6. The molecule has 3 rings (SSSR count). The number of halogens is 4. The second kappa shape index (κ2) is 13.4. The Labute approximate surface area is 234 Å². The lowest BCUT2D eigenvalue weighted by molar-refractivity contribution is -0.0879. The van der Waals surface area contributed by atoms with Gasteiger partial charge in [-0.05, 0) is 36.4 Å². The molecule has 0 atom stereocenters. The van der Waals surface area contributed by atoms with Gasteiger partial charge < -0.3 is 15.8 Å². The summed E-state index contributed by atoms with van der Waals surface area (Å²) in [6.45, 7) is 3.49. The summed E-state index contributed by atoms with van der Waals surface area (Å²) in [5, 5.41) is 2.40. The minimum atomic E-state index is -4.67. The standard InChI is InChI=1S/C27H24ClF3N4O4S/c1-18(27(29,30)31)14-23(6-3-9-28)34-25(36)21-5-2-4-19(15-21)7-8-20-16-22(17-33-24(20)32)26(37)35-40(38)12-10-39-11-13-40/h2-6,14-17H,1,9-13H2,(H2,32,33)(H,34,36)/b6-3-,23-14+. The van der Waals surface area contributed by atoms with Crippen LogP contribution in [0, 0.1) is 11.8 Å². The highest BCUT2D eigenvalue weighted by Crippen LogP contribution is 2.25. The number of nitrogens with one attached hydrogen (secondary N) is 1. The fraction of sp³-hybridized carbons (Fsp3) is 0.222. The first-order chi connectivity index (χ1) is 18.9. The molecule has 1 aromatic carbocycles. The molecule has 13 heteroatoms. The molecule has 0 unspecified atom stereocenters. The van der Waals surface area contributed by atoms with Crippen LogP contribution in [0.1, 0.15) is 31.8 Å². The first-order valence-corrected chi connectivity index (χ1v) is 14.0. The number of nitrogens with zero attached hydrogens (tertiary/aromatic N) is 2. The van der Waals surface area contributed by atoms with Crippen molar-refractivity contribution in [3.63, 3.8) is 0 Å². The predicted molar refractivity (Wildman–Crippen MR) is 147 cm³/mol. The van der Waals surface area contributed by atoms with Crippen molar-refractivity contribution < 1.29 is 31.7 Å². The van der Waals surface area contributed by atoms with Crippen LogP contribution in [0.5, 0.6) is 0 Å². The number of carbonyl (C=O) groups is 2. The van der Waals surface area contributed by atoms with Crippen molar-refractivity contribution in [2.24, 2.45) is 4.36 Å². The number of ether oxygens (including phenoxy) is 1. The molecule has 1 saturated heterocycles. The van der Waals surface area contributed by atoms with Crippen molar-refractivity contribution in [3.05, 3.63) is 94.9 Å². The average Bonchev–Trinajstić information content (AvgIpc) is 2.90. The Morgan fingerprint density at radius 2 is 1.95 bits per heavy atom. The lowest BCUT2D eigenvalue weighted by atomic mass is 10.1. The van der Waals surface area contributed by atoms with Gasteiger partial charge in [0.05, 0.1) is 51.1 Å². The molecule has 0 spiro atoms. The van der Waals surface area contributed by atoms with Gasteiger partial charge in [0.1, 0.15) is 5.82 Å². The lowest BCUT2D eigenvalue weighted by Gasteiger charge is -2.15. The second-order valence-electron chi connectivity index (χ2n) is 8.31. The fourth-order valence-electron chi connectivity index (χ4n) is 3.22. The Balaban J connectivity index is 1.83. The zero-order chi connectivity index (χ0) is 29.3. The number of anilines is 1. The molecule has 2 heterocycles. The molecule has 8 nitrogen and oxygen atoms in total. The molecule has 1 aromatic heterocycles. The summed E-state index contributed by atoms with van der Waals surface area (Å²) >= 11 is 5.58. The number of rotatable bonds is 6. The highest BCUT2D eigenvalue weighted by Gasteiger charge is 2.30. The van der Waals surface area contributed by atoms with Gasteiger partial charge in [0.25, 0.3) is 11.8 Å². The van der Waals surface area contributed by atoms with E-state index in [0.29, 0.717) is 11.6 Å². The van der Waals surface area contributed by atoms with E-state index >= 15 is 0 Å². The number of benzene rings is 1. The molecule has 0 saturated carbocycles. The number of amides is 2. The molecule has 1 aliphatic rings. The van der Waals surface area contributed by atoms with Crippen molar-refractivity contribution in [3.8, 4) is 11.8 Å². The van der Waals surface area contributed by atoms with Crippen LogP contribution in [0.3, 0.4) is 0 Å². The van der Waals surface area contributed by atoms with Gasteiger partial charge in [-0.15, -0.1) is 11.6 Å². The lowest BCUT2D eigenvalue weighted by Crippen LogP contribution is -2.26. The maximum atomic E-state index is 12.9. The molecular formula is C27H24ClF3N4O4S. The fourth-order valence-corrected chi connectivity index (χ4v) is 4.86. The number of carbonyl (C=O) groups excluding carboxylic acids is 2. The maximum absolute atomic E-state index is 12.9. The molecule has 2 aromatic rings. The van der Waals surface area contributed by atoms with Crippen molar-refractivity contribution in [1.82, 2.24) is 10.3 Å². The zero-order valence-electron chi connectivity index (χ0n) is 21.0. The van der Waals surface area contributed by atoms with Crippen molar-refractivity contribution in [2.45, 2.75) is 6.18 Å². The van der Waals surface area contributed by atoms with Gasteiger partial charge in [-0.3, -0.25) is 9.59 Å². The van der Waals surface area contributed by atoms with Crippen LogP contribution in [0.4, 0.5) is 19.0 Å². The first-order valence-electron chi connectivity index (χ1n) is 11.6. The van der Waals surface area contributed by atoms with Gasteiger partial charge in [-0.2, -0.15) is 17.5 Å². The molecule has 1 fully saturated rings. The van der Waals surface area contributed by atoms with Crippen LogP contribution in [-0.2, 0) is 14.5 Å². The van der Waals surface area contributed by atoms with Gasteiger partial charge >= 0.3 is 6.18 Å². The van der Waals surface area contributed by atoms with Crippen LogP contribution in [0.2, 0.25) is 0 Å². The van der Waals surface area contributed by atoms with Gasteiger partial charge in [0, 0.05) is 28.9 Å². The van der Waals surface area contributed by atoms with Crippen LogP contribution in [0.15, 0.2) is 77.0 Å². The number of aromatic nitrogens is 1. The molecule has 3 N–H and O–H groups in total. The summed E-state index contributed by atoms with van der Waals surface area (Å²) in [5.41, 5.74) is 5.36. The molecule has 40 heavy (non-hydrogen) atoms. The number of pyridine rings is 1. The van der Waals surface area contributed by atoms with E-state index in [1.54, 1.807) is 6.07 Å². The Morgan fingerprint density at radius 3 is 2.62 bits per heavy atom. The molecule has 0 bridgehead atoms. The third kappa shape index (κ3) is 8.81. The van der Waals surface area contributed by atoms with E-state index in [2.05, 4.69) is 33.1 Å². The second-order valence-corrected chi connectivity index (χ2v) is 11.2. The number of nitrogens with two attached hydrogens (primary N) is 1. The minimum absolute atomic E-state index is 0.0174. The van der Waals surface area contributed by atoms with Gasteiger partial charge in [0.15, 0.2) is 0 Å². The summed E-state index contributed by atoms with van der Waals surface area (Å²) < 4.78 is 60.5. The van der Waals surface area contributed by atoms with E-state index in [-0.39, 0.29) is 58.8 Å². The highest BCUT2D eigenvalue weighted by atomic mass is 35.5. The highest BCUT2D eigenvalue weighted by molar-refractivity contribution is 7.94. The van der Waals surface area contributed by atoms with Gasteiger partial charge in [-0.25, -0.2) is 9.19 Å². The summed E-state index contributed by atoms with van der Waals surface area (Å²) in [6, 6.07) is 7.40. The van der Waals surface area contributed by atoms with E-state index < -0.39 is 33.3 Å². The van der Waals surface area contributed by atoms with Crippen molar-refractivity contribution in [2.75, 3.05) is 36.3 Å². The number of nitrogen functional groups attached to an aromatic ring is 1. The molecule has 0 radical (unpaired) electrons. The Kier molecular flexibility index (Phi) is 10.3. The largest absolute Gasteiger partial charge is 0.415 e. The smallest absolute Gasteiger partial charge is 0.383 e. The first kappa shape index (κ1) is 30.6. The molecule has 2 amide bonds. The van der Waals surface area contributed by atoms with E-state index in [1.165, 1.54) is 42.6 Å². The van der Waals surface area contributed by atoms with E-state index in [0.717, 1.165) is 0 Å². The maximum Gasteiger partial charge on any atom is 0.415 e. The molecule has 210 valence electrons. The summed E-state index contributed by atoms with van der Waals surface area (Å²) in [6.07, 6.45) is -0.156. The van der Waals surface area contributed by atoms with Crippen LogP contribution >= 0.6 is 11.6 Å². The Morgan fingerprint density at radius 1 is 1.23 bits per heavy atom. The third-order valence-corrected chi connectivity index (χ3v) is 7.60. The SMILES string of the molecule is C=C(/C=C(\C=C/CCl)NC(=O)c1cccc(C#Cc2cc(C(=O)N=S3(=O)CCOCC3)cnc2N)c1)C(F)(F)F. The van der Waals surface area contributed by atoms with Crippen LogP contribution in [0.25, 0.3) is 0 Å². The monoisotopic (exact) mass is 592 g/mol. The predicted octanol–water partition coefficient (Wildman–Crippen LogP) is 4.23. The molecule has 1 aliphatic heterocycles. The van der Waals surface area contributed by atoms with Crippen molar-refractivity contribution >= 4 is 39.0 Å². The van der Waals surface area contributed by atoms with E-state index in [1.807, 2.05) is 0 Å². The van der Waals surface area contributed by atoms with E-state index in [4.69, 9.17) is 22.1 Å². The third-order valence-electron chi connectivity index (χ3n) is 5.31. The number of allylic oxidation sites excluding steroid dienone is 4. The van der Waals surface area contributed by atoms with Crippen molar-refractivity contribution in [1.29, 1.82) is 0 Å². The average molecular weight is 593 g/mol. The molecule has 0 aliphatic carbocycles. The summed E-state index contributed by atoms with van der Waals surface area (Å²) in [5.74, 6) is 4.59. The van der Waals surface area contributed by atoms with Gasteiger partial charge in [-0.1, -0.05) is 30.6 Å². The number of hydrogen-bond donors (Lipinski definition) is 2. The topological polar surface area (TPSA) is 124 Å². The van der Waals surface area contributed by atoms with Crippen LogP contribution < -0.4 is 11.1 Å². The quantitative estimate of drug-likeness (QED) is 0.294. The minimum Gasteiger partial charge on any atom is -0.383 e. The van der Waals surface area contributed by atoms with E-state index in [9.17, 15) is 27.0 Å². The Hall–Kier alpha value is -3.92. The van der Waals surface area contributed by atoms with Gasteiger partial charge in [0.2, 0.25) is 0 Å². The zero-order valence-corrected chi connectivity index (χ0v) is 22.5. The number of alkyl halides is 4. The summed E-state index contributed by atoms with van der Waals surface area (Å²) in [4.78, 5) is 29.3. The summed E-state index contributed by atoms with van der Waals surface area (Å²) in [7, 11) is -2.71. The van der Waals surface area contributed by atoms with Crippen LogP contribution in [-0.4, -0.2) is 57.8 Å². The normalized spacial score (nSPS) is 15.2.